The zero-order valence-electron chi connectivity index (χ0n) is 10.4. The third-order valence-corrected chi connectivity index (χ3v) is 2.73. The Kier molecular flexibility index (Phi) is 5.29. The van der Waals surface area contributed by atoms with Crippen LogP contribution in [0.2, 0.25) is 0 Å². The van der Waals surface area contributed by atoms with Gasteiger partial charge in [-0.15, -0.1) is 0 Å². The number of likely N-dealkylation sites (N-methyl/N-ethyl adjacent to an activating group) is 1. The van der Waals surface area contributed by atoms with E-state index >= 15 is 0 Å². The minimum absolute atomic E-state index is 0.347. The minimum Gasteiger partial charge on any atom is -0.508 e. The largest absolute Gasteiger partial charge is 0.508 e. The SMILES string of the molecule is CNC(CCN(C)C)Cc1cccc(O)c1. The Morgan fingerprint density at radius 3 is 2.69 bits per heavy atom. The molecule has 1 unspecified atom stereocenters. The molecule has 0 aromatic heterocycles. The van der Waals surface area contributed by atoms with E-state index in [1.54, 1.807) is 6.07 Å². The van der Waals surface area contributed by atoms with Crippen molar-refractivity contribution in [2.75, 3.05) is 27.7 Å². The van der Waals surface area contributed by atoms with Gasteiger partial charge in [0.15, 0.2) is 0 Å². The molecule has 0 fully saturated rings. The molecule has 0 aliphatic heterocycles. The van der Waals surface area contributed by atoms with E-state index < -0.39 is 0 Å². The lowest BCUT2D eigenvalue weighted by Gasteiger charge is -2.18. The normalized spacial score (nSPS) is 13.0. The van der Waals surface area contributed by atoms with Crippen molar-refractivity contribution in [3.63, 3.8) is 0 Å². The summed E-state index contributed by atoms with van der Waals surface area (Å²) in [6.45, 7) is 1.07. The lowest BCUT2D eigenvalue weighted by Crippen LogP contribution is -2.31. The maximum Gasteiger partial charge on any atom is 0.115 e. The summed E-state index contributed by atoms with van der Waals surface area (Å²) in [5.41, 5.74) is 1.18. The van der Waals surface area contributed by atoms with Gasteiger partial charge in [0.25, 0.3) is 0 Å². The third-order valence-electron chi connectivity index (χ3n) is 2.73. The molecule has 2 N–H and O–H groups in total. The number of benzene rings is 1. The van der Waals surface area contributed by atoms with Crippen molar-refractivity contribution in [3.05, 3.63) is 29.8 Å². The molecule has 0 heterocycles. The van der Waals surface area contributed by atoms with E-state index in [9.17, 15) is 5.11 Å². The van der Waals surface area contributed by atoms with Crippen LogP contribution in [0.5, 0.6) is 5.75 Å². The zero-order valence-corrected chi connectivity index (χ0v) is 10.4. The highest BCUT2D eigenvalue weighted by Gasteiger charge is 2.07. The molecule has 90 valence electrons. The van der Waals surface area contributed by atoms with Crippen LogP contribution in [0.15, 0.2) is 24.3 Å². The Hall–Kier alpha value is -1.06. The first-order chi connectivity index (χ1) is 7.61. The number of nitrogens with one attached hydrogen (secondary N) is 1. The minimum atomic E-state index is 0.347. The molecule has 1 rings (SSSR count). The van der Waals surface area contributed by atoms with E-state index in [4.69, 9.17) is 0 Å². The summed E-state index contributed by atoms with van der Waals surface area (Å²) in [7, 11) is 6.16. The third kappa shape index (κ3) is 4.64. The molecule has 0 bridgehead atoms. The molecule has 1 atom stereocenters. The number of hydrogen-bond donors (Lipinski definition) is 2. The van der Waals surface area contributed by atoms with Gasteiger partial charge in [0.2, 0.25) is 0 Å². The van der Waals surface area contributed by atoms with Crippen LogP contribution in [0.1, 0.15) is 12.0 Å². The highest BCUT2D eigenvalue weighted by Crippen LogP contribution is 2.13. The number of aromatic hydroxyl groups is 1. The van der Waals surface area contributed by atoms with Crippen molar-refractivity contribution in [3.8, 4) is 5.75 Å². The molecule has 3 nitrogen and oxygen atoms in total. The molecule has 16 heavy (non-hydrogen) atoms. The van der Waals surface area contributed by atoms with E-state index in [2.05, 4.69) is 30.4 Å². The van der Waals surface area contributed by atoms with Crippen LogP contribution in [0, 0.1) is 0 Å². The van der Waals surface area contributed by atoms with Gasteiger partial charge < -0.3 is 15.3 Å². The Balaban J connectivity index is 2.49. The summed E-state index contributed by atoms with van der Waals surface area (Å²) in [6, 6.07) is 7.95. The van der Waals surface area contributed by atoms with Crippen molar-refractivity contribution >= 4 is 0 Å². The van der Waals surface area contributed by atoms with Crippen LogP contribution in [-0.2, 0) is 6.42 Å². The molecule has 1 aromatic carbocycles. The number of phenols is 1. The monoisotopic (exact) mass is 222 g/mol. The summed E-state index contributed by atoms with van der Waals surface area (Å²) >= 11 is 0. The highest BCUT2D eigenvalue weighted by atomic mass is 16.3. The van der Waals surface area contributed by atoms with E-state index in [0.29, 0.717) is 11.8 Å². The summed E-state index contributed by atoms with van der Waals surface area (Å²) in [6.07, 6.45) is 2.07. The van der Waals surface area contributed by atoms with Gasteiger partial charge in [-0.05, 0) is 58.2 Å². The molecule has 0 spiro atoms. The maximum atomic E-state index is 9.39. The van der Waals surface area contributed by atoms with Gasteiger partial charge in [0.1, 0.15) is 5.75 Å². The van der Waals surface area contributed by atoms with Crippen molar-refractivity contribution in [2.24, 2.45) is 0 Å². The summed E-state index contributed by atoms with van der Waals surface area (Å²) < 4.78 is 0. The zero-order chi connectivity index (χ0) is 12.0. The van der Waals surface area contributed by atoms with E-state index in [-0.39, 0.29) is 0 Å². The van der Waals surface area contributed by atoms with Gasteiger partial charge in [0, 0.05) is 6.04 Å². The first-order valence-electron chi connectivity index (χ1n) is 5.71. The van der Waals surface area contributed by atoms with Gasteiger partial charge in [-0.3, -0.25) is 0 Å². The average Bonchev–Trinajstić information content (AvgIpc) is 2.24. The quantitative estimate of drug-likeness (QED) is 0.765. The Labute approximate surface area is 98.1 Å². The lowest BCUT2D eigenvalue weighted by atomic mass is 10.0. The van der Waals surface area contributed by atoms with E-state index in [1.807, 2.05) is 19.2 Å². The van der Waals surface area contributed by atoms with Crippen LogP contribution in [0.4, 0.5) is 0 Å². The molecule has 0 saturated carbocycles. The molecular weight excluding hydrogens is 200 g/mol. The van der Waals surface area contributed by atoms with Crippen molar-refractivity contribution in [2.45, 2.75) is 18.9 Å². The second kappa shape index (κ2) is 6.51. The molecule has 1 aromatic rings. The fourth-order valence-electron chi connectivity index (χ4n) is 1.73. The van der Waals surface area contributed by atoms with Crippen molar-refractivity contribution < 1.29 is 5.11 Å². The summed E-state index contributed by atoms with van der Waals surface area (Å²) in [5, 5.41) is 12.7. The number of phenolic OH excluding ortho intramolecular Hbond substituents is 1. The topological polar surface area (TPSA) is 35.5 Å². The van der Waals surface area contributed by atoms with E-state index in [0.717, 1.165) is 19.4 Å². The second-order valence-corrected chi connectivity index (χ2v) is 4.45. The van der Waals surface area contributed by atoms with Crippen LogP contribution < -0.4 is 5.32 Å². The van der Waals surface area contributed by atoms with Crippen LogP contribution in [0.25, 0.3) is 0 Å². The molecule has 3 heteroatoms. The van der Waals surface area contributed by atoms with Gasteiger partial charge in [-0.2, -0.15) is 0 Å². The van der Waals surface area contributed by atoms with Crippen LogP contribution in [-0.4, -0.2) is 43.7 Å². The predicted octanol–water partition coefficient (Wildman–Crippen LogP) is 1.47. The van der Waals surface area contributed by atoms with Crippen LogP contribution in [0.3, 0.4) is 0 Å². The average molecular weight is 222 g/mol. The van der Waals surface area contributed by atoms with Gasteiger partial charge >= 0.3 is 0 Å². The fraction of sp³-hybridized carbons (Fsp3) is 0.538. The molecular formula is C13H22N2O. The van der Waals surface area contributed by atoms with Crippen LogP contribution >= 0.6 is 0 Å². The number of nitrogens with zero attached hydrogens (tertiary/aromatic N) is 1. The Bertz CT molecular complexity index is 313. The molecule has 0 saturated heterocycles. The summed E-state index contributed by atoms with van der Waals surface area (Å²) in [5.74, 6) is 0.347. The lowest BCUT2D eigenvalue weighted by molar-refractivity contribution is 0.364. The van der Waals surface area contributed by atoms with Gasteiger partial charge in [-0.1, -0.05) is 12.1 Å². The first-order valence-corrected chi connectivity index (χ1v) is 5.71. The fourth-order valence-corrected chi connectivity index (χ4v) is 1.73. The maximum absolute atomic E-state index is 9.39. The molecule has 0 aliphatic rings. The van der Waals surface area contributed by atoms with Crippen molar-refractivity contribution in [1.82, 2.24) is 10.2 Å². The highest BCUT2D eigenvalue weighted by molar-refractivity contribution is 5.27. The van der Waals surface area contributed by atoms with E-state index in [1.165, 1.54) is 5.56 Å². The smallest absolute Gasteiger partial charge is 0.115 e. The number of hydrogen-bond acceptors (Lipinski definition) is 3. The number of rotatable bonds is 6. The Morgan fingerprint density at radius 2 is 2.12 bits per heavy atom. The summed E-state index contributed by atoms with van der Waals surface area (Å²) in [4.78, 5) is 2.19. The molecule has 0 aliphatic carbocycles. The molecule has 0 amide bonds. The Morgan fingerprint density at radius 1 is 1.38 bits per heavy atom. The molecule has 0 radical (unpaired) electrons. The second-order valence-electron chi connectivity index (χ2n) is 4.45. The van der Waals surface area contributed by atoms with Gasteiger partial charge in [-0.25, -0.2) is 0 Å². The standard InChI is InChI=1S/C13H22N2O/c1-14-12(7-8-15(2)3)9-11-5-4-6-13(16)10-11/h4-6,10,12,14,16H,7-9H2,1-3H3. The predicted molar refractivity (Wildman–Crippen MR) is 67.8 cm³/mol. The van der Waals surface area contributed by atoms with Crippen molar-refractivity contribution in [1.29, 1.82) is 0 Å². The first kappa shape index (κ1) is 13.0. The van der Waals surface area contributed by atoms with Gasteiger partial charge in [0.05, 0.1) is 0 Å².